The molecule has 0 bridgehead atoms. The predicted octanol–water partition coefficient (Wildman–Crippen LogP) is 10.7. The lowest BCUT2D eigenvalue weighted by molar-refractivity contribution is -0.108. The van der Waals surface area contributed by atoms with Crippen LogP contribution in [0.4, 0.5) is 0 Å². The number of carbonyl (C=O) groups excluding carboxylic acids is 6. The highest BCUT2D eigenvalue weighted by molar-refractivity contribution is 8.19. The fourth-order valence-corrected chi connectivity index (χ4v) is 14.4. The summed E-state index contributed by atoms with van der Waals surface area (Å²) < 4.78 is 0. The van der Waals surface area contributed by atoms with Crippen molar-refractivity contribution in [2.45, 2.75) is 62.5 Å². The third-order valence-electron chi connectivity index (χ3n) is 5.91. The van der Waals surface area contributed by atoms with Crippen molar-refractivity contribution < 1.29 is 28.8 Å². The second kappa shape index (κ2) is 32.9. The van der Waals surface area contributed by atoms with Crippen molar-refractivity contribution in [2.75, 3.05) is 58.5 Å². The van der Waals surface area contributed by atoms with Crippen molar-refractivity contribution in [2.24, 2.45) is 0 Å². The third-order valence-corrected chi connectivity index (χ3v) is 18.9. The van der Waals surface area contributed by atoms with E-state index in [1.807, 2.05) is 11.8 Å². The Hall–Kier alpha value is -0.0400. The summed E-state index contributed by atoms with van der Waals surface area (Å²) >= 11 is 14.4. The van der Waals surface area contributed by atoms with E-state index in [4.69, 9.17) is 0 Å². The standard InChI is InChI=1S/C22H30O4S5.C16H26O2S5/c1-13(2)19(23)28-11-17(30-21(25)15(5)6)9-27-10-18(31-22(26)16(7)8)12-29-20(24)14(3)4;1-11(2)15(17)22-13(7-19-5)9-21-10-14(8-20-6)23-16(18)12(3)4/h17-18H,1,3,5,7,9-12H2,2,4,6,8H3;13-14H,1,3,7-10H2,2,4-6H3. The van der Waals surface area contributed by atoms with Crippen LogP contribution in [-0.4, -0.2) is 110 Å². The van der Waals surface area contributed by atoms with Crippen molar-refractivity contribution in [1.82, 2.24) is 0 Å². The van der Waals surface area contributed by atoms with Crippen LogP contribution in [0.3, 0.4) is 0 Å². The average molecular weight is 930 g/mol. The van der Waals surface area contributed by atoms with Gasteiger partial charge in [0.25, 0.3) is 0 Å². The van der Waals surface area contributed by atoms with Crippen molar-refractivity contribution in [1.29, 1.82) is 0 Å². The maximum Gasteiger partial charge on any atom is 0.214 e. The molecule has 4 atom stereocenters. The van der Waals surface area contributed by atoms with Gasteiger partial charge in [0.1, 0.15) is 0 Å². The molecule has 0 aromatic heterocycles. The van der Waals surface area contributed by atoms with Crippen LogP contribution in [-0.2, 0) is 28.8 Å². The molecule has 16 heteroatoms. The van der Waals surface area contributed by atoms with Crippen LogP contribution in [0.15, 0.2) is 72.9 Å². The van der Waals surface area contributed by atoms with Crippen LogP contribution < -0.4 is 0 Å². The second-order valence-electron chi connectivity index (χ2n) is 12.0. The molecule has 0 spiro atoms. The Kier molecular flexibility index (Phi) is 34.1. The van der Waals surface area contributed by atoms with E-state index in [0.717, 1.165) is 46.5 Å². The molecule has 0 saturated carbocycles. The van der Waals surface area contributed by atoms with Crippen LogP contribution >= 0.6 is 118 Å². The molecule has 0 radical (unpaired) electrons. The Labute approximate surface area is 367 Å². The van der Waals surface area contributed by atoms with E-state index in [9.17, 15) is 28.8 Å². The first-order valence-electron chi connectivity index (χ1n) is 16.4. The van der Waals surface area contributed by atoms with E-state index < -0.39 is 0 Å². The van der Waals surface area contributed by atoms with E-state index in [-0.39, 0.29) is 51.7 Å². The van der Waals surface area contributed by atoms with Crippen LogP contribution in [0.1, 0.15) is 41.5 Å². The lowest BCUT2D eigenvalue weighted by Crippen LogP contribution is -2.19. The number of hydrogen-bond donors (Lipinski definition) is 0. The molecule has 0 aliphatic heterocycles. The molecule has 0 aliphatic rings. The quantitative estimate of drug-likeness (QED) is 0.0768. The zero-order chi connectivity index (χ0) is 42.0. The summed E-state index contributed by atoms with van der Waals surface area (Å²) in [5.74, 6) is 5.93. The predicted molar refractivity (Wildman–Crippen MR) is 261 cm³/mol. The number of hydrogen-bond acceptors (Lipinski definition) is 16. The van der Waals surface area contributed by atoms with E-state index in [2.05, 4.69) is 52.0 Å². The zero-order valence-corrected chi connectivity index (χ0v) is 40.9. The highest BCUT2D eigenvalue weighted by atomic mass is 32.2. The lowest BCUT2D eigenvalue weighted by Gasteiger charge is -2.18. The molecule has 0 amide bonds. The third kappa shape index (κ3) is 29.2. The Balaban J connectivity index is 0. The van der Waals surface area contributed by atoms with Crippen LogP contribution in [0, 0.1) is 0 Å². The molecule has 54 heavy (non-hydrogen) atoms. The minimum Gasteiger partial charge on any atom is -0.282 e. The fraction of sp³-hybridized carbons (Fsp3) is 0.526. The summed E-state index contributed by atoms with van der Waals surface area (Å²) in [6.07, 6.45) is 4.11. The lowest BCUT2D eigenvalue weighted by atomic mass is 10.4. The first-order valence-corrected chi connectivity index (χ1v) is 27.0. The average Bonchev–Trinajstić information content (AvgIpc) is 3.08. The number of rotatable bonds is 26. The van der Waals surface area contributed by atoms with Gasteiger partial charge in [0, 0.05) is 67.0 Å². The Morgan fingerprint density at radius 2 is 0.556 bits per heavy atom. The monoisotopic (exact) mass is 928 g/mol. The van der Waals surface area contributed by atoms with Gasteiger partial charge in [0.05, 0.1) is 0 Å². The molecule has 0 N–H and O–H groups in total. The van der Waals surface area contributed by atoms with E-state index >= 15 is 0 Å². The molecule has 0 heterocycles. The number of thioether (sulfide) groups is 10. The van der Waals surface area contributed by atoms with Crippen molar-refractivity contribution in [3.8, 4) is 0 Å². The van der Waals surface area contributed by atoms with Gasteiger partial charge < -0.3 is 0 Å². The van der Waals surface area contributed by atoms with Gasteiger partial charge in [-0.25, -0.2) is 0 Å². The molecule has 0 aromatic rings. The molecule has 0 aromatic carbocycles. The van der Waals surface area contributed by atoms with Gasteiger partial charge in [0.15, 0.2) is 0 Å². The smallest absolute Gasteiger partial charge is 0.214 e. The Morgan fingerprint density at radius 1 is 0.352 bits per heavy atom. The van der Waals surface area contributed by atoms with Crippen molar-refractivity contribution in [3.05, 3.63) is 72.9 Å². The van der Waals surface area contributed by atoms with Crippen LogP contribution in [0.5, 0.6) is 0 Å². The second-order valence-corrected chi connectivity index (χ2v) is 23.0. The molecular weight excluding hydrogens is 873 g/mol. The summed E-state index contributed by atoms with van der Waals surface area (Å²) in [5.41, 5.74) is 3.09. The Morgan fingerprint density at radius 3 is 0.741 bits per heavy atom. The van der Waals surface area contributed by atoms with Gasteiger partial charge in [-0.1, -0.05) is 110 Å². The molecule has 0 rings (SSSR count). The largest absolute Gasteiger partial charge is 0.282 e. The maximum absolute atomic E-state index is 12.1. The fourth-order valence-electron chi connectivity index (χ4n) is 3.09. The van der Waals surface area contributed by atoms with E-state index in [1.165, 1.54) is 47.0 Å². The molecule has 0 aliphatic carbocycles. The summed E-state index contributed by atoms with van der Waals surface area (Å²) in [6, 6.07) is 0. The van der Waals surface area contributed by atoms with Gasteiger partial charge in [-0.2, -0.15) is 47.0 Å². The van der Waals surface area contributed by atoms with E-state index in [0.29, 0.717) is 56.5 Å². The highest BCUT2D eigenvalue weighted by Crippen LogP contribution is 2.30. The minimum atomic E-state index is -0.0973. The number of carbonyl (C=O) groups is 6. The van der Waals surface area contributed by atoms with Crippen LogP contribution in [0.2, 0.25) is 0 Å². The highest BCUT2D eigenvalue weighted by Gasteiger charge is 2.22. The molecule has 6 nitrogen and oxygen atoms in total. The van der Waals surface area contributed by atoms with Crippen molar-refractivity contribution >= 4 is 148 Å². The molecule has 304 valence electrons. The van der Waals surface area contributed by atoms with Gasteiger partial charge in [-0.3, -0.25) is 28.8 Å². The molecule has 4 unspecified atom stereocenters. The topological polar surface area (TPSA) is 102 Å². The summed E-state index contributed by atoms with van der Waals surface area (Å²) in [7, 11) is 0. The molecule has 0 fully saturated rings. The maximum atomic E-state index is 12.1. The summed E-state index contributed by atoms with van der Waals surface area (Å²) in [4.78, 5) is 71.7. The van der Waals surface area contributed by atoms with Gasteiger partial charge in [-0.05, 0) is 87.5 Å². The molecular formula is C38H56O6S10. The first kappa shape index (κ1) is 56.1. The SMILES string of the molecule is C=C(C)C(=O)SC(CSC)CSCC(CSC)SC(=O)C(=C)C.C=C(C)C(=O)SCC(CSCC(CSC(=O)C(=C)C)SC(=O)C(=C)C)SC(=O)C(=C)C. The van der Waals surface area contributed by atoms with E-state index in [1.54, 1.807) is 76.8 Å². The van der Waals surface area contributed by atoms with Gasteiger partial charge >= 0.3 is 0 Å². The molecule has 0 saturated heterocycles. The first-order chi connectivity index (χ1) is 25.2. The zero-order valence-electron chi connectivity index (χ0n) is 32.7. The normalized spacial score (nSPS) is 12.9. The van der Waals surface area contributed by atoms with Crippen LogP contribution in [0.25, 0.3) is 0 Å². The van der Waals surface area contributed by atoms with Gasteiger partial charge in [-0.15, -0.1) is 0 Å². The van der Waals surface area contributed by atoms with Gasteiger partial charge in [0.2, 0.25) is 30.7 Å². The minimum absolute atomic E-state index is 0.0807. The summed E-state index contributed by atoms with van der Waals surface area (Å²) in [5, 5.41) is 0.188. The van der Waals surface area contributed by atoms with Crippen molar-refractivity contribution in [3.63, 3.8) is 0 Å². The Bertz CT molecular complexity index is 1280. The summed E-state index contributed by atoms with van der Waals surface area (Å²) in [6.45, 7) is 32.3.